The molecular formula is C16H19N. The second kappa shape index (κ2) is 4.25. The Kier molecular flexibility index (Phi) is 2.93. The number of hydrogen-bond acceptors (Lipinski definition) is 0. The minimum atomic E-state index is 1.21. The molecule has 17 heavy (non-hydrogen) atoms. The van der Waals surface area contributed by atoms with E-state index in [1.807, 2.05) is 6.08 Å². The van der Waals surface area contributed by atoms with E-state index in [1.165, 1.54) is 33.8 Å². The molecule has 1 nitrogen and oxygen atoms in total. The Hall–Kier alpha value is -1.76. The molecule has 0 aliphatic heterocycles. The highest BCUT2D eigenvalue weighted by molar-refractivity contribution is 5.55. The zero-order valence-electron chi connectivity index (χ0n) is 11.0. The van der Waals surface area contributed by atoms with Gasteiger partial charge < -0.3 is 4.57 Å². The maximum atomic E-state index is 3.86. The first-order chi connectivity index (χ1) is 8.04. The summed E-state index contributed by atoms with van der Waals surface area (Å²) in [5.74, 6) is 0. The van der Waals surface area contributed by atoms with Crippen molar-refractivity contribution in [3.63, 3.8) is 0 Å². The molecule has 0 unspecified atom stereocenters. The van der Waals surface area contributed by atoms with Crippen molar-refractivity contribution in [3.8, 4) is 5.69 Å². The van der Waals surface area contributed by atoms with Crippen molar-refractivity contribution in [2.45, 2.75) is 27.7 Å². The van der Waals surface area contributed by atoms with Crippen LogP contribution in [0.2, 0.25) is 0 Å². The summed E-state index contributed by atoms with van der Waals surface area (Å²) >= 11 is 0. The van der Waals surface area contributed by atoms with Crippen LogP contribution >= 0.6 is 0 Å². The van der Waals surface area contributed by atoms with Crippen molar-refractivity contribution in [3.05, 3.63) is 58.9 Å². The molecule has 2 aromatic rings. The summed E-state index contributed by atoms with van der Waals surface area (Å²) in [4.78, 5) is 0. The molecule has 88 valence electrons. The van der Waals surface area contributed by atoms with Gasteiger partial charge in [-0.2, -0.15) is 0 Å². The first kappa shape index (κ1) is 11.7. The first-order valence-electron chi connectivity index (χ1n) is 5.93. The molecule has 0 N–H and O–H groups in total. The van der Waals surface area contributed by atoms with Crippen molar-refractivity contribution >= 4 is 6.08 Å². The van der Waals surface area contributed by atoms with Gasteiger partial charge in [0.2, 0.25) is 0 Å². The van der Waals surface area contributed by atoms with Gasteiger partial charge >= 0.3 is 0 Å². The van der Waals surface area contributed by atoms with Gasteiger partial charge in [-0.1, -0.05) is 18.7 Å². The van der Waals surface area contributed by atoms with Crippen molar-refractivity contribution in [1.29, 1.82) is 0 Å². The summed E-state index contributed by atoms with van der Waals surface area (Å²) in [7, 11) is 0. The number of nitrogens with zero attached hydrogens (tertiary/aromatic N) is 1. The van der Waals surface area contributed by atoms with Crippen LogP contribution in [-0.4, -0.2) is 4.57 Å². The van der Waals surface area contributed by atoms with Gasteiger partial charge in [-0.05, 0) is 62.6 Å². The van der Waals surface area contributed by atoms with E-state index in [0.29, 0.717) is 0 Å². The predicted molar refractivity (Wildman–Crippen MR) is 74.8 cm³/mol. The smallest absolute Gasteiger partial charge is 0.0457 e. The lowest BCUT2D eigenvalue weighted by Gasteiger charge is -2.11. The molecular weight excluding hydrogens is 206 g/mol. The Labute approximate surface area is 103 Å². The predicted octanol–water partition coefficient (Wildman–Crippen LogP) is 4.35. The van der Waals surface area contributed by atoms with Crippen molar-refractivity contribution in [1.82, 2.24) is 4.57 Å². The Bertz CT molecular complexity index is 573. The number of rotatable bonds is 2. The van der Waals surface area contributed by atoms with Crippen LogP contribution in [0.25, 0.3) is 11.8 Å². The highest BCUT2D eigenvalue weighted by Gasteiger charge is 2.08. The number of aryl methyl sites for hydroxylation is 3. The van der Waals surface area contributed by atoms with Crippen molar-refractivity contribution < 1.29 is 0 Å². The fraction of sp³-hybridized carbons (Fsp3) is 0.250. The third-order valence-electron chi connectivity index (χ3n) is 3.44. The molecule has 1 heteroatoms. The maximum absolute atomic E-state index is 3.86. The van der Waals surface area contributed by atoms with Crippen LogP contribution in [0.15, 0.2) is 30.8 Å². The summed E-state index contributed by atoms with van der Waals surface area (Å²) in [5.41, 5.74) is 7.61. The van der Waals surface area contributed by atoms with Gasteiger partial charge in [0.1, 0.15) is 0 Å². The van der Waals surface area contributed by atoms with Crippen LogP contribution in [0.3, 0.4) is 0 Å². The standard InChI is InChI=1S/C16H19N/c1-6-15-10-13(4)17(14(15)5)16-8-7-11(2)12(3)9-16/h6-10H,1H2,2-5H3. The lowest BCUT2D eigenvalue weighted by Crippen LogP contribution is -2.00. The summed E-state index contributed by atoms with van der Waals surface area (Å²) in [5, 5.41) is 0. The summed E-state index contributed by atoms with van der Waals surface area (Å²) in [6, 6.07) is 8.77. The summed E-state index contributed by atoms with van der Waals surface area (Å²) < 4.78 is 2.28. The summed E-state index contributed by atoms with van der Waals surface area (Å²) in [6.07, 6.45) is 1.92. The van der Waals surface area contributed by atoms with Crippen molar-refractivity contribution in [2.24, 2.45) is 0 Å². The van der Waals surface area contributed by atoms with Gasteiger partial charge in [0.25, 0.3) is 0 Å². The van der Waals surface area contributed by atoms with Crippen LogP contribution in [0.5, 0.6) is 0 Å². The zero-order valence-corrected chi connectivity index (χ0v) is 11.0. The molecule has 0 atom stereocenters. The molecule has 0 fully saturated rings. The van der Waals surface area contributed by atoms with Crippen LogP contribution < -0.4 is 0 Å². The normalized spacial score (nSPS) is 10.6. The van der Waals surface area contributed by atoms with Gasteiger partial charge in [0, 0.05) is 17.1 Å². The Morgan fingerprint density at radius 3 is 2.24 bits per heavy atom. The largest absolute Gasteiger partial charge is 0.318 e. The second-order valence-corrected chi connectivity index (χ2v) is 4.63. The molecule has 0 saturated carbocycles. The van der Waals surface area contributed by atoms with Gasteiger partial charge in [-0.25, -0.2) is 0 Å². The molecule has 1 aromatic carbocycles. The van der Waals surface area contributed by atoms with Gasteiger partial charge in [0.05, 0.1) is 0 Å². The molecule has 0 aliphatic carbocycles. The minimum absolute atomic E-state index is 1.21. The van der Waals surface area contributed by atoms with E-state index < -0.39 is 0 Å². The second-order valence-electron chi connectivity index (χ2n) is 4.63. The number of hydrogen-bond donors (Lipinski definition) is 0. The molecule has 2 rings (SSSR count). The molecule has 0 spiro atoms. The zero-order chi connectivity index (χ0) is 12.6. The monoisotopic (exact) mass is 225 g/mol. The first-order valence-corrected chi connectivity index (χ1v) is 5.93. The Morgan fingerprint density at radius 1 is 1.00 bits per heavy atom. The van der Waals surface area contributed by atoms with E-state index in [4.69, 9.17) is 0 Å². The van der Waals surface area contributed by atoms with Crippen LogP contribution in [0.1, 0.15) is 28.1 Å². The SMILES string of the molecule is C=Cc1cc(C)n(-c2ccc(C)c(C)c2)c1C. The fourth-order valence-electron chi connectivity index (χ4n) is 2.26. The lowest BCUT2D eigenvalue weighted by atomic mass is 10.1. The van der Waals surface area contributed by atoms with Crippen LogP contribution in [-0.2, 0) is 0 Å². The average Bonchev–Trinajstić information content (AvgIpc) is 2.58. The highest BCUT2D eigenvalue weighted by atomic mass is 15.0. The quantitative estimate of drug-likeness (QED) is 0.716. The minimum Gasteiger partial charge on any atom is -0.318 e. The van der Waals surface area contributed by atoms with E-state index >= 15 is 0 Å². The molecule has 1 heterocycles. The number of benzene rings is 1. The topological polar surface area (TPSA) is 4.93 Å². The Morgan fingerprint density at radius 2 is 1.71 bits per heavy atom. The fourth-order valence-corrected chi connectivity index (χ4v) is 2.26. The Balaban J connectivity index is 2.63. The van der Waals surface area contributed by atoms with Crippen LogP contribution in [0, 0.1) is 27.7 Å². The van der Waals surface area contributed by atoms with E-state index in [1.54, 1.807) is 0 Å². The molecule has 0 saturated heterocycles. The van der Waals surface area contributed by atoms with E-state index in [-0.39, 0.29) is 0 Å². The van der Waals surface area contributed by atoms with Crippen molar-refractivity contribution in [2.75, 3.05) is 0 Å². The molecule has 0 bridgehead atoms. The third-order valence-corrected chi connectivity index (χ3v) is 3.44. The van der Waals surface area contributed by atoms with Gasteiger partial charge in [0.15, 0.2) is 0 Å². The van der Waals surface area contributed by atoms with E-state index in [0.717, 1.165) is 0 Å². The maximum Gasteiger partial charge on any atom is 0.0457 e. The molecule has 1 aromatic heterocycles. The third kappa shape index (κ3) is 1.93. The summed E-state index contributed by atoms with van der Waals surface area (Å²) in [6.45, 7) is 12.4. The van der Waals surface area contributed by atoms with Crippen LogP contribution in [0.4, 0.5) is 0 Å². The van der Waals surface area contributed by atoms with Gasteiger partial charge in [-0.3, -0.25) is 0 Å². The lowest BCUT2D eigenvalue weighted by molar-refractivity contribution is 0.961. The van der Waals surface area contributed by atoms with E-state index in [2.05, 4.69) is 63.1 Å². The average molecular weight is 225 g/mol. The number of aromatic nitrogens is 1. The molecule has 0 aliphatic rings. The molecule has 0 amide bonds. The molecule has 0 radical (unpaired) electrons. The van der Waals surface area contributed by atoms with E-state index in [9.17, 15) is 0 Å². The highest BCUT2D eigenvalue weighted by Crippen LogP contribution is 2.23. The van der Waals surface area contributed by atoms with Gasteiger partial charge in [-0.15, -0.1) is 0 Å².